The Morgan fingerprint density at radius 3 is 2.02 bits per heavy atom. The molecule has 1 amide bonds. The molecule has 0 spiro atoms. The SMILES string of the molecule is CCCCCc1ccc(C(=O)N(c2ccc(OCc3ccccc3)cc2)C2CCN(Cc3ccccc3)CC2)cc1. The summed E-state index contributed by atoms with van der Waals surface area (Å²) < 4.78 is 6.03. The summed E-state index contributed by atoms with van der Waals surface area (Å²) in [7, 11) is 0. The molecule has 0 radical (unpaired) electrons. The van der Waals surface area contributed by atoms with E-state index in [-0.39, 0.29) is 11.9 Å². The first-order valence-electron chi connectivity index (χ1n) is 15.1. The van der Waals surface area contributed by atoms with Crippen LogP contribution in [0, 0.1) is 0 Å². The second-order valence-corrected chi connectivity index (χ2v) is 11.1. The zero-order chi connectivity index (χ0) is 28.3. The predicted octanol–water partition coefficient (Wildman–Crippen LogP) is 8.31. The van der Waals surface area contributed by atoms with E-state index in [1.54, 1.807) is 0 Å². The van der Waals surface area contributed by atoms with Gasteiger partial charge in [-0.05, 0) is 78.8 Å². The van der Waals surface area contributed by atoms with Crippen molar-refractivity contribution < 1.29 is 9.53 Å². The van der Waals surface area contributed by atoms with Crippen molar-refractivity contribution in [2.24, 2.45) is 0 Å². The number of hydrogen-bond donors (Lipinski definition) is 0. The number of likely N-dealkylation sites (tertiary alicyclic amines) is 1. The van der Waals surface area contributed by atoms with Gasteiger partial charge in [0.15, 0.2) is 0 Å². The maximum Gasteiger partial charge on any atom is 0.258 e. The number of benzene rings is 4. The third kappa shape index (κ3) is 8.08. The summed E-state index contributed by atoms with van der Waals surface area (Å²) in [6, 6.07) is 37.3. The van der Waals surface area contributed by atoms with Crippen LogP contribution < -0.4 is 9.64 Å². The van der Waals surface area contributed by atoms with Gasteiger partial charge in [0.1, 0.15) is 12.4 Å². The molecule has 4 nitrogen and oxygen atoms in total. The molecule has 1 heterocycles. The summed E-state index contributed by atoms with van der Waals surface area (Å²) in [5, 5.41) is 0. The van der Waals surface area contributed by atoms with Crippen molar-refractivity contribution in [3.8, 4) is 5.75 Å². The standard InChI is InChI=1S/C37H42N2O2/c1-2-3-6-11-30-16-18-33(19-17-30)37(40)39(35-24-26-38(27-25-35)28-31-12-7-4-8-13-31)34-20-22-36(23-21-34)41-29-32-14-9-5-10-15-32/h4-5,7-10,12-23,35H,2-3,6,11,24-29H2,1H3. The summed E-state index contributed by atoms with van der Waals surface area (Å²) in [5.41, 5.74) is 5.45. The first-order valence-corrected chi connectivity index (χ1v) is 15.1. The Morgan fingerprint density at radius 1 is 0.756 bits per heavy atom. The summed E-state index contributed by atoms with van der Waals surface area (Å²) >= 11 is 0. The molecule has 212 valence electrons. The fourth-order valence-corrected chi connectivity index (χ4v) is 5.65. The lowest BCUT2D eigenvalue weighted by Gasteiger charge is -2.38. The van der Waals surface area contributed by atoms with Crippen LogP contribution in [0.2, 0.25) is 0 Å². The van der Waals surface area contributed by atoms with E-state index in [4.69, 9.17) is 4.74 Å². The number of carbonyl (C=O) groups excluding carboxylic acids is 1. The summed E-state index contributed by atoms with van der Waals surface area (Å²) in [5.74, 6) is 0.878. The van der Waals surface area contributed by atoms with Gasteiger partial charge in [0.05, 0.1) is 0 Å². The van der Waals surface area contributed by atoms with Crippen LogP contribution in [-0.4, -0.2) is 29.9 Å². The van der Waals surface area contributed by atoms with Crippen molar-refractivity contribution in [3.05, 3.63) is 131 Å². The molecule has 0 bridgehead atoms. The Kier molecular flexibility index (Phi) is 10.2. The average molecular weight is 547 g/mol. The minimum atomic E-state index is 0.0737. The molecule has 4 aromatic rings. The van der Waals surface area contributed by atoms with E-state index in [1.807, 2.05) is 59.5 Å². The third-order valence-corrected chi connectivity index (χ3v) is 8.02. The molecule has 1 fully saturated rings. The van der Waals surface area contributed by atoms with Gasteiger partial charge >= 0.3 is 0 Å². The van der Waals surface area contributed by atoms with Gasteiger partial charge in [0.2, 0.25) is 0 Å². The lowest BCUT2D eigenvalue weighted by molar-refractivity contribution is 0.0958. The number of piperidine rings is 1. The van der Waals surface area contributed by atoms with Crippen molar-refractivity contribution in [2.45, 2.75) is 64.6 Å². The molecular formula is C37H42N2O2. The maximum absolute atomic E-state index is 14.1. The molecular weight excluding hydrogens is 504 g/mol. The minimum absolute atomic E-state index is 0.0737. The van der Waals surface area contributed by atoms with E-state index in [9.17, 15) is 4.79 Å². The van der Waals surface area contributed by atoms with Crippen LogP contribution in [-0.2, 0) is 19.6 Å². The van der Waals surface area contributed by atoms with Crippen LogP contribution in [0.25, 0.3) is 0 Å². The molecule has 5 rings (SSSR count). The maximum atomic E-state index is 14.1. The van der Waals surface area contributed by atoms with Crippen LogP contribution in [0.3, 0.4) is 0 Å². The summed E-state index contributed by atoms with van der Waals surface area (Å²) in [4.78, 5) is 18.6. The predicted molar refractivity (Wildman–Crippen MR) is 168 cm³/mol. The van der Waals surface area contributed by atoms with Gasteiger partial charge in [0.25, 0.3) is 5.91 Å². The van der Waals surface area contributed by atoms with E-state index < -0.39 is 0 Å². The second kappa shape index (κ2) is 14.7. The molecule has 1 aliphatic heterocycles. The molecule has 0 saturated carbocycles. The molecule has 4 heteroatoms. The number of nitrogens with zero attached hydrogens (tertiary/aromatic N) is 2. The summed E-state index contributed by atoms with van der Waals surface area (Å²) in [6.45, 7) is 5.64. The average Bonchev–Trinajstić information content (AvgIpc) is 3.03. The molecule has 1 saturated heterocycles. The van der Waals surface area contributed by atoms with Gasteiger partial charge in [-0.3, -0.25) is 9.69 Å². The van der Waals surface area contributed by atoms with Gasteiger partial charge in [-0.2, -0.15) is 0 Å². The molecule has 0 aliphatic carbocycles. The number of aryl methyl sites for hydroxylation is 1. The van der Waals surface area contributed by atoms with Gasteiger partial charge in [-0.25, -0.2) is 0 Å². The number of rotatable bonds is 12. The van der Waals surface area contributed by atoms with Crippen molar-refractivity contribution in [2.75, 3.05) is 18.0 Å². The van der Waals surface area contributed by atoms with Crippen LogP contribution >= 0.6 is 0 Å². The van der Waals surface area contributed by atoms with Gasteiger partial charge in [-0.15, -0.1) is 0 Å². The van der Waals surface area contributed by atoms with Gasteiger partial charge in [0, 0.05) is 36.9 Å². The van der Waals surface area contributed by atoms with Crippen LogP contribution in [0.5, 0.6) is 5.75 Å². The number of hydrogen-bond acceptors (Lipinski definition) is 3. The first kappa shape index (κ1) is 28.6. The fourth-order valence-electron chi connectivity index (χ4n) is 5.65. The lowest BCUT2D eigenvalue weighted by atomic mass is 9.99. The van der Waals surface area contributed by atoms with Crippen molar-refractivity contribution in [3.63, 3.8) is 0 Å². The smallest absolute Gasteiger partial charge is 0.258 e. The van der Waals surface area contributed by atoms with Crippen LogP contribution in [0.4, 0.5) is 5.69 Å². The second-order valence-electron chi connectivity index (χ2n) is 11.1. The highest BCUT2D eigenvalue weighted by molar-refractivity contribution is 6.06. The van der Waals surface area contributed by atoms with E-state index >= 15 is 0 Å². The monoisotopic (exact) mass is 546 g/mol. The van der Waals surface area contributed by atoms with E-state index in [2.05, 4.69) is 66.4 Å². The van der Waals surface area contributed by atoms with Crippen molar-refractivity contribution in [1.29, 1.82) is 0 Å². The fraction of sp³-hybridized carbons (Fsp3) is 0.324. The molecule has 0 unspecified atom stereocenters. The largest absolute Gasteiger partial charge is 0.489 e. The summed E-state index contributed by atoms with van der Waals surface area (Å²) in [6.07, 6.45) is 6.60. The van der Waals surface area contributed by atoms with E-state index in [1.165, 1.54) is 30.4 Å². The molecule has 41 heavy (non-hydrogen) atoms. The topological polar surface area (TPSA) is 32.8 Å². The number of anilines is 1. The van der Waals surface area contributed by atoms with Crippen molar-refractivity contribution in [1.82, 2.24) is 4.90 Å². The Balaban J connectivity index is 1.30. The molecule has 4 aromatic carbocycles. The lowest BCUT2D eigenvalue weighted by Crippen LogP contribution is -2.47. The Morgan fingerprint density at radius 2 is 1.39 bits per heavy atom. The highest BCUT2D eigenvalue weighted by atomic mass is 16.5. The molecule has 0 aromatic heterocycles. The number of ether oxygens (including phenoxy) is 1. The normalized spacial score (nSPS) is 14.1. The highest BCUT2D eigenvalue weighted by Gasteiger charge is 2.30. The van der Waals surface area contributed by atoms with E-state index in [0.29, 0.717) is 6.61 Å². The highest BCUT2D eigenvalue weighted by Crippen LogP contribution is 2.29. The quantitative estimate of drug-likeness (QED) is 0.168. The minimum Gasteiger partial charge on any atom is -0.489 e. The van der Waals surface area contributed by atoms with Gasteiger partial charge in [-0.1, -0.05) is 92.6 Å². The molecule has 0 N–H and O–H groups in total. The van der Waals surface area contributed by atoms with E-state index in [0.717, 1.165) is 61.5 Å². The molecule has 1 aliphatic rings. The number of carbonyl (C=O) groups is 1. The van der Waals surface area contributed by atoms with Crippen LogP contribution in [0.15, 0.2) is 109 Å². The Hall–Kier alpha value is -3.89. The zero-order valence-electron chi connectivity index (χ0n) is 24.3. The van der Waals surface area contributed by atoms with Gasteiger partial charge < -0.3 is 9.64 Å². The third-order valence-electron chi connectivity index (χ3n) is 8.02. The first-order chi connectivity index (χ1) is 20.2. The van der Waals surface area contributed by atoms with Crippen molar-refractivity contribution >= 4 is 11.6 Å². The number of amides is 1. The molecule has 0 atom stereocenters. The Bertz CT molecular complexity index is 1330. The zero-order valence-corrected chi connectivity index (χ0v) is 24.3. The number of unbranched alkanes of at least 4 members (excludes halogenated alkanes) is 2. The van der Waals surface area contributed by atoms with Crippen LogP contribution in [0.1, 0.15) is 66.1 Å². The Labute approximate surface area is 245 Å².